The van der Waals surface area contributed by atoms with E-state index >= 15 is 0 Å². The van der Waals surface area contributed by atoms with E-state index < -0.39 is 11.9 Å². The summed E-state index contributed by atoms with van der Waals surface area (Å²) >= 11 is 0. The van der Waals surface area contributed by atoms with Gasteiger partial charge in [-0.1, -0.05) is 12.1 Å². The molecular formula is C14H16O4. The van der Waals surface area contributed by atoms with Crippen LogP contribution in [0.2, 0.25) is 0 Å². The number of benzene rings is 1. The van der Waals surface area contributed by atoms with Gasteiger partial charge in [0, 0.05) is 0 Å². The Morgan fingerprint density at radius 2 is 1.72 bits per heavy atom. The van der Waals surface area contributed by atoms with E-state index in [1.807, 2.05) is 6.07 Å². The summed E-state index contributed by atoms with van der Waals surface area (Å²) in [7, 11) is 0. The van der Waals surface area contributed by atoms with Crippen molar-refractivity contribution in [1.82, 2.24) is 0 Å². The zero-order valence-electron chi connectivity index (χ0n) is 10.0. The first-order chi connectivity index (χ1) is 8.58. The van der Waals surface area contributed by atoms with Gasteiger partial charge in [-0.15, -0.1) is 0 Å². The van der Waals surface area contributed by atoms with E-state index in [1.165, 1.54) is 0 Å². The van der Waals surface area contributed by atoms with Gasteiger partial charge < -0.3 is 10.2 Å². The number of carboxylic acid groups (broad SMARTS) is 2. The van der Waals surface area contributed by atoms with Crippen molar-refractivity contribution in [1.29, 1.82) is 0 Å². The number of rotatable bonds is 3. The maximum absolute atomic E-state index is 10.9. The van der Waals surface area contributed by atoms with Gasteiger partial charge in [0.1, 0.15) is 0 Å². The van der Waals surface area contributed by atoms with Gasteiger partial charge in [-0.05, 0) is 49.3 Å². The summed E-state index contributed by atoms with van der Waals surface area (Å²) in [4.78, 5) is 21.8. The summed E-state index contributed by atoms with van der Waals surface area (Å²) in [5.74, 6) is -1.58. The molecule has 1 saturated carbocycles. The molecule has 4 nitrogen and oxygen atoms in total. The normalized spacial score (nSPS) is 23.6. The molecule has 0 radical (unpaired) electrons. The number of hydrogen-bond donors (Lipinski definition) is 2. The first-order valence-corrected chi connectivity index (χ1v) is 6.14. The van der Waals surface area contributed by atoms with Gasteiger partial charge in [0.05, 0.1) is 11.5 Å². The maximum atomic E-state index is 10.9. The van der Waals surface area contributed by atoms with E-state index in [0.717, 1.165) is 18.4 Å². The van der Waals surface area contributed by atoms with E-state index in [2.05, 4.69) is 0 Å². The molecule has 1 fully saturated rings. The average molecular weight is 248 g/mol. The van der Waals surface area contributed by atoms with Crippen LogP contribution >= 0.6 is 0 Å². The Bertz CT molecular complexity index is 459. The van der Waals surface area contributed by atoms with Gasteiger partial charge in [-0.25, -0.2) is 4.79 Å². The molecule has 18 heavy (non-hydrogen) atoms. The third-order valence-corrected chi connectivity index (χ3v) is 3.68. The Labute approximate surface area is 105 Å². The molecule has 0 amide bonds. The van der Waals surface area contributed by atoms with Crippen LogP contribution in [-0.2, 0) is 4.79 Å². The Hall–Kier alpha value is -1.84. The van der Waals surface area contributed by atoms with Crippen LogP contribution in [0.4, 0.5) is 0 Å². The Kier molecular flexibility index (Phi) is 3.65. The molecule has 1 aromatic rings. The number of hydrogen-bond acceptors (Lipinski definition) is 2. The van der Waals surface area contributed by atoms with Gasteiger partial charge in [0.15, 0.2) is 0 Å². The van der Waals surface area contributed by atoms with Crippen molar-refractivity contribution >= 4 is 11.9 Å². The molecule has 0 atom stereocenters. The van der Waals surface area contributed by atoms with Crippen LogP contribution in [0.5, 0.6) is 0 Å². The molecular weight excluding hydrogens is 232 g/mol. The zero-order valence-corrected chi connectivity index (χ0v) is 10.0. The Balaban J connectivity index is 2.07. The van der Waals surface area contributed by atoms with Gasteiger partial charge in [0.25, 0.3) is 0 Å². The lowest BCUT2D eigenvalue weighted by atomic mass is 9.78. The largest absolute Gasteiger partial charge is 0.481 e. The van der Waals surface area contributed by atoms with Crippen molar-refractivity contribution < 1.29 is 19.8 Å². The van der Waals surface area contributed by atoms with Crippen molar-refractivity contribution in [2.24, 2.45) is 5.92 Å². The second-order valence-corrected chi connectivity index (χ2v) is 4.82. The molecule has 0 saturated heterocycles. The third kappa shape index (κ3) is 2.70. The summed E-state index contributed by atoms with van der Waals surface area (Å²) in [6.45, 7) is 0. The lowest BCUT2D eigenvalue weighted by molar-refractivity contribution is -0.142. The highest BCUT2D eigenvalue weighted by molar-refractivity contribution is 5.87. The fourth-order valence-corrected chi connectivity index (χ4v) is 2.60. The molecule has 2 rings (SSSR count). The van der Waals surface area contributed by atoms with Crippen molar-refractivity contribution in [3.05, 3.63) is 35.4 Å². The highest BCUT2D eigenvalue weighted by Gasteiger charge is 2.26. The average Bonchev–Trinajstić information content (AvgIpc) is 2.39. The van der Waals surface area contributed by atoms with Gasteiger partial charge in [-0.3, -0.25) is 4.79 Å². The summed E-state index contributed by atoms with van der Waals surface area (Å²) < 4.78 is 0. The van der Waals surface area contributed by atoms with E-state index in [4.69, 9.17) is 10.2 Å². The van der Waals surface area contributed by atoms with E-state index in [0.29, 0.717) is 24.3 Å². The molecule has 0 heterocycles. The SMILES string of the molecule is O=C(O)c1cccc(C2CCC(C(=O)O)CC2)c1. The Morgan fingerprint density at radius 1 is 1.06 bits per heavy atom. The molecule has 96 valence electrons. The third-order valence-electron chi connectivity index (χ3n) is 3.68. The fraction of sp³-hybridized carbons (Fsp3) is 0.429. The Morgan fingerprint density at radius 3 is 2.28 bits per heavy atom. The first-order valence-electron chi connectivity index (χ1n) is 6.14. The number of carbonyl (C=O) groups is 2. The number of aromatic carboxylic acids is 1. The van der Waals surface area contributed by atoms with Crippen LogP contribution in [0.3, 0.4) is 0 Å². The summed E-state index contributed by atoms with van der Waals surface area (Å²) in [6, 6.07) is 6.96. The summed E-state index contributed by atoms with van der Waals surface area (Å²) in [5, 5.41) is 17.9. The molecule has 0 spiro atoms. The topological polar surface area (TPSA) is 74.6 Å². The van der Waals surface area contributed by atoms with Crippen LogP contribution in [0, 0.1) is 5.92 Å². The van der Waals surface area contributed by atoms with Crippen LogP contribution in [-0.4, -0.2) is 22.2 Å². The van der Waals surface area contributed by atoms with Gasteiger partial charge >= 0.3 is 11.9 Å². The molecule has 0 unspecified atom stereocenters. The second kappa shape index (κ2) is 5.21. The molecule has 2 N–H and O–H groups in total. The smallest absolute Gasteiger partial charge is 0.335 e. The lowest BCUT2D eigenvalue weighted by Gasteiger charge is -2.26. The molecule has 0 aromatic heterocycles. The van der Waals surface area contributed by atoms with Gasteiger partial charge in [-0.2, -0.15) is 0 Å². The minimum atomic E-state index is -0.920. The minimum absolute atomic E-state index is 0.232. The van der Waals surface area contributed by atoms with Crippen molar-refractivity contribution in [2.45, 2.75) is 31.6 Å². The monoisotopic (exact) mass is 248 g/mol. The minimum Gasteiger partial charge on any atom is -0.481 e. The molecule has 4 heteroatoms. The van der Waals surface area contributed by atoms with Crippen molar-refractivity contribution in [2.75, 3.05) is 0 Å². The predicted octanol–water partition coefficient (Wildman–Crippen LogP) is 2.74. The maximum Gasteiger partial charge on any atom is 0.335 e. The number of aliphatic carboxylic acids is 1. The summed E-state index contributed by atoms with van der Waals surface area (Å²) in [5.41, 5.74) is 1.31. The first kappa shape index (κ1) is 12.6. The lowest BCUT2D eigenvalue weighted by Crippen LogP contribution is -2.20. The molecule has 1 aliphatic carbocycles. The van der Waals surface area contributed by atoms with Crippen molar-refractivity contribution in [3.8, 4) is 0 Å². The van der Waals surface area contributed by atoms with E-state index in [-0.39, 0.29) is 5.92 Å². The van der Waals surface area contributed by atoms with Crippen LogP contribution in [0.25, 0.3) is 0 Å². The quantitative estimate of drug-likeness (QED) is 0.862. The van der Waals surface area contributed by atoms with E-state index in [1.54, 1.807) is 18.2 Å². The van der Waals surface area contributed by atoms with Crippen LogP contribution in [0.1, 0.15) is 47.5 Å². The van der Waals surface area contributed by atoms with Crippen molar-refractivity contribution in [3.63, 3.8) is 0 Å². The van der Waals surface area contributed by atoms with Gasteiger partial charge in [0.2, 0.25) is 0 Å². The molecule has 1 aromatic carbocycles. The molecule has 1 aliphatic rings. The van der Waals surface area contributed by atoms with E-state index in [9.17, 15) is 9.59 Å². The molecule has 0 bridgehead atoms. The highest BCUT2D eigenvalue weighted by Crippen LogP contribution is 2.36. The standard InChI is InChI=1S/C14H16O4/c15-13(16)10-6-4-9(5-7-10)11-2-1-3-12(8-11)14(17)18/h1-3,8-10H,4-7H2,(H,15,16)(H,17,18). The van der Waals surface area contributed by atoms with Crippen LogP contribution in [0.15, 0.2) is 24.3 Å². The predicted molar refractivity (Wildman–Crippen MR) is 65.7 cm³/mol. The molecule has 0 aliphatic heterocycles. The number of carboxylic acids is 2. The van der Waals surface area contributed by atoms with Crippen LogP contribution < -0.4 is 0 Å². The highest BCUT2D eigenvalue weighted by atomic mass is 16.4. The summed E-state index contributed by atoms with van der Waals surface area (Å²) in [6.07, 6.45) is 2.99. The second-order valence-electron chi connectivity index (χ2n) is 4.82. The zero-order chi connectivity index (χ0) is 13.1. The fourth-order valence-electron chi connectivity index (χ4n) is 2.60.